The molecule has 0 radical (unpaired) electrons. The number of ether oxygens (including phenoxy) is 1. The van der Waals surface area contributed by atoms with Crippen LogP contribution in [-0.4, -0.2) is 27.0 Å². The van der Waals surface area contributed by atoms with E-state index in [1.165, 1.54) is 13.3 Å². The maximum absolute atomic E-state index is 10.2. The molecule has 1 N–H and O–H groups in total. The largest absolute Gasteiger partial charge is 0.493 e. The highest BCUT2D eigenvalue weighted by atomic mass is 35.5. The van der Waals surface area contributed by atoms with Crippen molar-refractivity contribution in [1.29, 1.82) is 0 Å². The summed E-state index contributed by atoms with van der Waals surface area (Å²) in [5, 5.41) is 14.7. The fourth-order valence-corrected chi connectivity index (χ4v) is 1.71. The van der Waals surface area contributed by atoms with Crippen molar-refractivity contribution in [3.8, 4) is 5.75 Å². The predicted octanol–water partition coefficient (Wildman–Crippen LogP) is 1.56. The first kappa shape index (κ1) is 11.9. The fourth-order valence-electron chi connectivity index (χ4n) is 1.60. The smallest absolute Gasteiger partial charge is 0.162 e. The Labute approximate surface area is 104 Å². The van der Waals surface area contributed by atoms with Crippen molar-refractivity contribution >= 4 is 11.6 Å². The molecule has 2 heterocycles. The lowest BCUT2D eigenvalue weighted by molar-refractivity contribution is 0.204. The Bertz CT molecular complexity index is 510. The van der Waals surface area contributed by atoms with E-state index in [9.17, 15) is 5.11 Å². The molecular formula is C11H12ClN3O2. The van der Waals surface area contributed by atoms with Crippen LogP contribution in [0, 0.1) is 0 Å². The Kier molecular flexibility index (Phi) is 3.31. The summed E-state index contributed by atoms with van der Waals surface area (Å²) in [6.07, 6.45) is 2.24. The number of aliphatic hydroxyl groups excluding tert-OH is 1. The minimum absolute atomic E-state index is 0.387. The van der Waals surface area contributed by atoms with Crippen molar-refractivity contribution in [2.45, 2.75) is 6.10 Å². The van der Waals surface area contributed by atoms with Gasteiger partial charge in [0.25, 0.3) is 0 Å². The highest BCUT2D eigenvalue weighted by Gasteiger charge is 2.20. The highest BCUT2D eigenvalue weighted by Crippen LogP contribution is 2.29. The molecule has 6 heteroatoms. The topological polar surface area (TPSA) is 60.2 Å². The normalized spacial score (nSPS) is 12.5. The molecule has 2 rings (SSSR count). The van der Waals surface area contributed by atoms with E-state index in [4.69, 9.17) is 16.3 Å². The molecule has 90 valence electrons. The third kappa shape index (κ3) is 2.25. The van der Waals surface area contributed by atoms with Gasteiger partial charge in [-0.3, -0.25) is 4.68 Å². The lowest BCUT2D eigenvalue weighted by Gasteiger charge is -2.12. The second-order valence-corrected chi connectivity index (χ2v) is 3.93. The zero-order valence-electron chi connectivity index (χ0n) is 9.46. The number of rotatable bonds is 3. The molecule has 0 fully saturated rings. The Hall–Kier alpha value is -1.59. The molecule has 0 aromatic carbocycles. The zero-order chi connectivity index (χ0) is 12.4. The van der Waals surface area contributed by atoms with Gasteiger partial charge in [-0.05, 0) is 6.07 Å². The van der Waals surface area contributed by atoms with Gasteiger partial charge in [0.05, 0.1) is 13.3 Å². The second kappa shape index (κ2) is 4.73. The van der Waals surface area contributed by atoms with E-state index < -0.39 is 6.10 Å². The number of hydrogen-bond donors (Lipinski definition) is 1. The number of pyridine rings is 1. The summed E-state index contributed by atoms with van der Waals surface area (Å²) in [7, 11) is 3.28. The molecule has 5 nitrogen and oxygen atoms in total. The van der Waals surface area contributed by atoms with Gasteiger partial charge in [-0.25, -0.2) is 4.98 Å². The van der Waals surface area contributed by atoms with Crippen molar-refractivity contribution in [1.82, 2.24) is 14.8 Å². The van der Waals surface area contributed by atoms with Crippen molar-refractivity contribution < 1.29 is 9.84 Å². The van der Waals surface area contributed by atoms with Gasteiger partial charge in [0.2, 0.25) is 0 Å². The lowest BCUT2D eigenvalue weighted by atomic mass is 10.1. The minimum atomic E-state index is -0.845. The Balaban J connectivity index is 2.39. The van der Waals surface area contributed by atoms with E-state index in [2.05, 4.69) is 10.1 Å². The minimum Gasteiger partial charge on any atom is -0.493 e. The first-order valence-electron chi connectivity index (χ1n) is 4.99. The van der Waals surface area contributed by atoms with Gasteiger partial charge in [0.15, 0.2) is 5.75 Å². The molecule has 0 saturated heterocycles. The van der Waals surface area contributed by atoms with Crippen LogP contribution in [0.4, 0.5) is 0 Å². The maximum Gasteiger partial charge on any atom is 0.162 e. The molecular weight excluding hydrogens is 242 g/mol. The third-order valence-electron chi connectivity index (χ3n) is 2.49. The monoisotopic (exact) mass is 253 g/mol. The van der Waals surface area contributed by atoms with Crippen LogP contribution in [0.1, 0.15) is 17.4 Å². The van der Waals surface area contributed by atoms with Gasteiger partial charge in [0, 0.05) is 18.8 Å². The molecule has 0 bridgehead atoms. The van der Waals surface area contributed by atoms with Crippen molar-refractivity contribution in [3.63, 3.8) is 0 Å². The molecule has 2 aromatic rings. The average molecular weight is 254 g/mol. The lowest BCUT2D eigenvalue weighted by Crippen LogP contribution is -2.08. The highest BCUT2D eigenvalue weighted by molar-refractivity contribution is 6.29. The van der Waals surface area contributed by atoms with Crippen LogP contribution in [-0.2, 0) is 7.05 Å². The molecule has 0 aliphatic rings. The molecule has 0 aliphatic carbocycles. The standard InChI is InChI=1S/C11H12ClN3O2/c1-15-10(8(17-2)6-14-15)11(16)7-3-4-9(12)13-5-7/h3-6,11,16H,1-2H3. The number of aromatic nitrogens is 3. The number of aryl methyl sites for hydroxylation is 1. The van der Waals surface area contributed by atoms with E-state index >= 15 is 0 Å². The summed E-state index contributed by atoms with van der Waals surface area (Å²) in [5.41, 5.74) is 1.22. The van der Waals surface area contributed by atoms with Gasteiger partial charge >= 0.3 is 0 Å². The Morgan fingerprint density at radius 1 is 1.41 bits per heavy atom. The number of methoxy groups -OCH3 is 1. The fraction of sp³-hybridized carbons (Fsp3) is 0.273. The Morgan fingerprint density at radius 3 is 2.76 bits per heavy atom. The summed E-state index contributed by atoms with van der Waals surface area (Å²) >= 11 is 5.70. The van der Waals surface area contributed by atoms with E-state index in [-0.39, 0.29) is 0 Å². The van der Waals surface area contributed by atoms with Gasteiger partial charge in [-0.15, -0.1) is 0 Å². The van der Waals surface area contributed by atoms with Crippen LogP contribution in [0.15, 0.2) is 24.5 Å². The summed E-state index contributed by atoms with van der Waals surface area (Å²) in [6, 6.07) is 3.34. The second-order valence-electron chi connectivity index (χ2n) is 3.54. The predicted molar refractivity (Wildman–Crippen MR) is 63.1 cm³/mol. The molecule has 1 unspecified atom stereocenters. The summed E-state index contributed by atoms with van der Waals surface area (Å²) in [4.78, 5) is 3.93. The van der Waals surface area contributed by atoms with E-state index in [0.29, 0.717) is 22.2 Å². The first-order chi connectivity index (χ1) is 8.13. The molecule has 17 heavy (non-hydrogen) atoms. The summed E-state index contributed by atoms with van der Waals surface area (Å²) < 4.78 is 6.71. The van der Waals surface area contributed by atoms with Crippen LogP contribution >= 0.6 is 11.6 Å². The van der Waals surface area contributed by atoms with Gasteiger partial charge in [-0.1, -0.05) is 17.7 Å². The van der Waals surface area contributed by atoms with Crippen LogP contribution in [0.25, 0.3) is 0 Å². The molecule has 0 saturated carbocycles. The molecule has 0 amide bonds. The van der Waals surface area contributed by atoms with E-state index in [1.54, 1.807) is 30.1 Å². The SMILES string of the molecule is COc1cnn(C)c1C(O)c1ccc(Cl)nc1. The van der Waals surface area contributed by atoms with Crippen molar-refractivity contribution in [2.24, 2.45) is 7.05 Å². The van der Waals surface area contributed by atoms with Crippen LogP contribution in [0.3, 0.4) is 0 Å². The van der Waals surface area contributed by atoms with E-state index in [1.807, 2.05) is 0 Å². The maximum atomic E-state index is 10.2. The first-order valence-corrected chi connectivity index (χ1v) is 5.36. The number of halogens is 1. The number of aliphatic hydroxyl groups is 1. The van der Waals surface area contributed by atoms with E-state index in [0.717, 1.165) is 0 Å². The quantitative estimate of drug-likeness (QED) is 0.844. The molecule has 0 aliphatic heterocycles. The van der Waals surface area contributed by atoms with Gasteiger partial charge < -0.3 is 9.84 Å². The van der Waals surface area contributed by atoms with Crippen LogP contribution in [0.5, 0.6) is 5.75 Å². The zero-order valence-corrected chi connectivity index (χ0v) is 10.2. The number of hydrogen-bond acceptors (Lipinski definition) is 4. The molecule has 1 atom stereocenters. The third-order valence-corrected chi connectivity index (χ3v) is 2.72. The summed E-state index contributed by atoms with van der Waals surface area (Å²) in [6.45, 7) is 0. The Morgan fingerprint density at radius 2 is 2.18 bits per heavy atom. The van der Waals surface area contributed by atoms with Gasteiger partial charge in [0.1, 0.15) is 17.0 Å². The number of nitrogens with zero attached hydrogens (tertiary/aromatic N) is 3. The molecule has 2 aromatic heterocycles. The van der Waals surface area contributed by atoms with Crippen molar-refractivity contribution in [3.05, 3.63) is 40.9 Å². The average Bonchev–Trinajstić information content (AvgIpc) is 2.70. The molecule has 0 spiro atoms. The summed E-state index contributed by atoms with van der Waals surface area (Å²) in [5.74, 6) is 0.537. The van der Waals surface area contributed by atoms with Crippen molar-refractivity contribution in [2.75, 3.05) is 7.11 Å². The van der Waals surface area contributed by atoms with Crippen LogP contribution < -0.4 is 4.74 Å². The van der Waals surface area contributed by atoms with Crippen LogP contribution in [0.2, 0.25) is 5.15 Å². The van der Waals surface area contributed by atoms with Gasteiger partial charge in [-0.2, -0.15) is 5.10 Å².